The van der Waals surface area contributed by atoms with Gasteiger partial charge < -0.3 is 15.2 Å². The molecule has 2 aromatic rings. The van der Waals surface area contributed by atoms with Crippen molar-refractivity contribution in [3.63, 3.8) is 0 Å². The summed E-state index contributed by atoms with van der Waals surface area (Å²) in [5.41, 5.74) is 1.01. The van der Waals surface area contributed by atoms with E-state index in [1.165, 1.54) is 6.33 Å². The van der Waals surface area contributed by atoms with Crippen LogP contribution in [0.3, 0.4) is 0 Å². The first kappa shape index (κ1) is 13.3. The van der Waals surface area contributed by atoms with Gasteiger partial charge in [0.05, 0.1) is 0 Å². The van der Waals surface area contributed by atoms with E-state index in [1.54, 1.807) is 0 Å². The molecule has 0 aliphatic carbocycles. The molecule has 102 valence electrons. The molecule has 2 N–H and O–H groups in total. The van der Waals surface area contributed by atoms with Crippen molar-refractivity contribution in [3.05, 3.63) is 23.6 Å². The molecular formula is C12H18N6O. The lowest BCUT2D eigenvalue weighted by molar-refractivity contribution is 0.379. The number of aryl methyl sites for hydroxylation is 1. The highest BCUT2D eigenvalue weighted by Gasteiger charge is 2.08. The Morgan fingerprint density at radius 2 is 1.89 bits per heavy atom. The van der Waals surface area contributed by atoms with Crippen molar-refractivity contribution in [3.8, 4) is 0 Å². The molecule has 0 fully saturated rings. The van der Waals surface area contributed by atoms with Crippen molar-refractivity contribution < 1.29 is 4.52 Å². The number of rotatable bonds is 6. The first-order chi connectivity index (χ1) is 9.20. The van der Waals surface area contributed by atoms with Crippen molar-refractivity contribution in [2.24, 2.45) is 0 Å². The minimum absolute atomic E-state index is 0.614. The first-order valence-electron chi connectivity index (χ1n) is 6.29. The predicted octanol–water partition coefficient (Wildman–Crippen LogP) is 1.56. The summed E-state index contributed by atoms with van der Waals surface area (Å²) in [6.45, 7) is 7.43. The van der Waals surface area contributed by atoms with Gasteiger partial charge in [0.2, 0.25) is 5.89 Å². The van der Waals surface area contributed by atoms with E-state index in [4.69, 9.17) is 4.52 Å². The lowest BCUT2D eigenvalue weighted by atomic mass is 10.3. The lowest BCUT2D eigenvalue weighted by Gasteiger charge is -2.12. The Kier molecular flexibility index (Phi) is 4.27. The molecule has 0 saturated heterocycles. The second kappa shape index (κ2) is 6.12. The Balaban J connectivity index is 2.02. The lowest BCUT2D eigenvalue weighted by Crippen LogP contribution is -2.12. The zero-order chi connectivity index (χ0) is 13.7. The number of nitrogens with zero attached hydrogens (tertiary/aromatic N) is 4. The van der Waals surface area contributed by atoms with Crippen molar-refractivity contribution in [2.45, 2.75) is 27.2 Å². The van der Waals surface area contributed by atoms with Gasteiger partial charge >= 0.3 is 0 Å². The summed E-state index contributed by atoms with van der Waals surface area (Å²) in [5, 5.41) is 10.1. The fraction of sp³-hybridized carbons (Fsp3) is 0.500. The topological polar surface area (TPSA) is 88.8 Å². The number of anilines is 2. The number of hydrogen-bond acceptors (Lipinski definition) is 7. The van der Waals surface area contributed by atoms with E-state index < -0.39 is 0 Å². The van der Waals surface area contributed by atoms with Crippen molar-refractivity contribution in [1.82, 2.24) is 20.1 Å². The molecule has 2 rings (SSSR count). The molecule has 7 nitrogen and oxygen atoms in total. The van der Waals surface area contributed by atoms with E-state index in [0.717, 1.165) is 29.6 Å². The van der Waals surface area contributed by atoms with Gasteiger partial charge in [-0.2, -0.15) is 4.98 Å². The normalized spacial score (nSPS) is 10.5. The van der Waals surface area contributed by atoms with Crippen LogP contribution in [0, 0.1) is 13.8 Å². The molecule has 0 saturated carbocycles. The second-order valence-electron chi connectivity index (χ2n) is 4.14. The Labute approximate surface area is 111 Å². The molecule has 19 heavy (non-hydrogen) atoms. The van der Waals surface area contributed by atoms with Gasteiger partial charge in [0, 0.05) is 25.1 Å². The van der Waals surface area contributed by atoms with Gasteiger partial charge in [-0.3, -0.25) is 0 Å². The fourth-order valence-corrected chi connectivity index (χ4v) is 1.73. The van der Waals surface area contributed by atoms with Gasteiger partial charge in [0.1, 0.15) is 17.5 Å². The van der Waals surface area contributed by atoms with Crippen LogP contribution in [0.1, 0.15) is 24.2 Å². The number of aromatic nitrogens is 4. The maximum atomic E-state index is 4.94. The molecule has 0 aliphatic rings. The molecule has 0 bridgehead atoms. The van der Waals surface area contributed by atoms with E-state index in [1.807, 2.05) is 20.8 Å². The Morgan fingerprint density at radius 1 is 1.16 bits per heavy atom. The molecule has 7 heteroatoms. The quantitative estimate of drug-likeness (QED) is 0.816. The van der Waals surface area contributed by atoms with Crippen molar-refractivity contribution in [2.75, 3.05) is 23.7 Å². The van der Waals surface area contributed by atoms with Gasteiger partial charge in [-0.25, -0.2) is 9.97 Å². The van der Waals surface area contributed by atoms with E-state index in [2.05, 4.69) is 30.7 Å². The van der Waals surface area contributed by atoms with Crippen LogP contribution in [0.25, 0.3) is 0 Å². The van der Waals surface area contributed by atoms with Crippen LogP contribution in [0.5, 0.6) is 0 Å². The van der Waals surface area contributed by atoms with Crippen LogP contribution >= 0.6 is 0 Å². The van der Waals surface area contributed by atoms with Crippen molar-refractivity contribution >= 4 is 11.6 Å². The molecule has 0 unspecified atom stereocenters. The van der Waals surface area contributed by atoms with Crippen LogP contribution < -0.4 is 10.6 Å². The summed E-state index contributed by atoms with van der Waals surface area (Å²) < 4.78 is 4.94. The highest BCUT2D eigenvalue weighted by molar-refractivity contribution is 5.57. The highest BCUT2D eigenvalue weighted by atomic mass is 16.5. The number of nitrogens with one attached hydrogen (secondary N) is 2. The Bertz CT molecular complexity index is 525. The molecule has 2 heterocycles. The van der Waals surface area contributed by atoms with Gasteiger partial charge in [-0.1, -0.05) is 5.16 Å². The van der Waals surface area contributed by atoms with Crippen molar-refractivity contribution in [1.29, 1.82) is 0 Å². The third kappa shape index (κ3) is 3.40. The highest BCUT2D eigenvalue weighted by Crippen LogP contribution is 2.19. The van der Waals surface area contributed by atoms with E-state index >= 15 is 0 Å². The van der Waals surface area contributed by atoms with Crippen LogP contribution in [0.2, 0.25) is 0 Å². The Morgan fingerprint density at radius 3 is 2.53 bits per heavy atom. The monoisotopic (exact) mass is 262 g/mol. The van der Waals surface area contributed by atoms with Gasteiger partial charge in [0.25, 0.3) is 0 Å². The van der Waals surface area contributed by atoms with Crippen LogP contribution in [-0.4, -0.2) is 33.2 Å². The van der Waals surface area contributed by atoms with E-state index in [0.29, 0.717) is 18.9 Å². The summed E-state index contributed by atoms with van der Waals surface area (Å²) >= 11 is 0. The minimum atomic E-state index is 0.614. The molecule has 0 aromatic carbocycles. The SMILES string of the molecule is CCNc1nc(C)nc(NCCc2ncno2)c1C. The molecular weight excluding hydrogens is 244 g/mol. The maximum Gasteiger partial charge on any atom is 0.228 e. The van der Waals surface area contributed by atoms with Gasteiger partial charge in [-0.15, -0.1) is 0 Å². The maximum absolute atomic E-state index is 4.94. The average Bonchev–Trinajstić information content (AvgIpc) is 2.88. The van der Waals surface area contributed by atoms with Gasteiger partial charge in [0.15, 0.2) is 6.33 Å². The third-order valence-corrected chi connectivity index (χ3v) is 2.64. The van der Waals surface area contributed by atoms with E-state index in [-0.39, 0.29) is 0 Å². The zero-order valence-electron chi connectivity index (χ0n) is 11.4. The van der Waals surface area contributed by atoms with Gasteiger partial charge in [-0.05, 0) is 20.8 Å². The Hall–Kier alpha value is -2.18. The largest absolute Gasteiger partial charge is 0.370 e. The molecule has 0 amide bonds. The molecule has 0 atom stereocenters. The second-order valence-corrected chi connectivity index (χ2v) is 4.14. The third-order valence-electron chi connectivity index (χ3n) is 2.64. The predicted molar refractivity (Wildman–Crippen MR) is 72.2 cm³/mol. The first-order valence-corrected chi connectivity index (χ1v) is 6.29. The van der Waals surface area contributed by atoms with Crippen LogP contribution in [0.15, 0.2) is 10.9 Å². The summed E-state index contributed by atoms with van der Waals surface area (Å²) in [5.74, 6) is 3.06. The molecule has 0 aliphatic heterocycles. The number of hydrogen-bond donors (Lipinski definition) is 2. The smallest absolute Gasteiger partial charge is 0.228 e. The van der Waals surface area contributed by atoms with Crippen LogP contribution in [-0.2, 0) is 6.42 Å². The molecule has 0 radical (unpaired) electrons. The summed E-state index contributed by atoms with van der Waals surface area (Å²) in [6, 6.07) is 0. The minimum Gasteiger partial charge on any atom is -0.370 e. The molecule has 2 aromatic heterocycles. The van der Waals surface area contributed by atoms with Crippen LogP contribution in [0.4, 0.5) is 11.6 Å². The summed E-state index contributed by atoms with van der Waals surface area (Å²) in [7, 11) is 0. The zero-order valence-corrected chi connectivity index (χ0v) is 11.4. The fourth-order valence-electron chi connectivity index (χ4n) is 1.73. The van der Waals surface area contributed by atoms with E-state index in [9.17, 15) is 0 Å². The average molecular weight is 262 g/mol. The molecule has 0 spiro atoms. The standard InChI is InChI=1S/C12H18N6O/c1-4-13-11-8(2)12(18-9(3)17-11)14-6-5-10-15-7-16-19-10/h7H,4-6H2,1-3H3,(H2,13,14,17,18). The summed E-state index contributed by atoms with van der Waals surface area (Å²) in [4.78, 5) is 12.8. The summed E-state index contributed by atoms with van der Waals surface area (Å²) in [6.07, 6.45) is 2.07.